The molecule has 0 amide bonds. The minimum absolute atomic E-state index is 0.108. The quantitative estimate of drug-likeness (QED) is 0.940. The van der Waals surface area contributed by atoms with Gasteiger partial charge in [-0.3, -0.25) is 0 Å². The first-order valence-corrected chi connectivity index (χ1v) is 7.41. The molecule has 0 saturated heterocycles. The molecule has 0 bridgehead atoms. The third-order valence-electron chi connectivity index (χ3n) is 3.84. The lowest BCUT2D eigenvalue weighted by atomic mass is 9.84. The van der Waals surface area contributed by atoms with Gasteiger partial charge in [-0.25, -0.2) is 4.68 Å². The number of aliphatic hydroxyl groups excluding tert-OH is 1. The Kier molecular flexibility index (Phi) is 4.47. The second kappa shape index (κ2) is 5.98. The van der Waals surface area contributed by atoms with Crippen LogP contribution >= 0.6 is 0 Å². The summed E-state index contributed by atoms with van der Waals surface area (Å²) in [6.45, 7) is 11.8. The van der Waals surface area contributed by atoms with E-state index in [2.05, 4.69) is 57.1 Å². The van der Waals surface area contributed by atoms with Gasteiger partial charge in [-0.05, 0) is 41.5 Å². The molecular formula is C17H25N3O. The van der Waals surface area contributed by atoms with Gasteiger partial charge in [0.15, 0.2) is 0 Å². The van der Waals surface area contributed by atoms with E-state index in [1.807, 2.05) is 10.9 Å². The van der Waals surface area contributed by atoms with Gasteiger partial charge in [0.25, 0.3) is 0 Å². The van der Waals surface area contributed by atoms with Crippen molar-refractivity contribution < 1.29 is 5.11 Å². The van der Waals surface area contributed by atoms with Crippen molar-refractivity contribution in [3.05, 3.63) is 46.3 Å². The summed E-state index contributed by atoms with van der Waals surface area (Å²) in [5.74, 6) is 0. The van der Waals surface area contributed by atoms with Crippen molar-refractivity contribution in [3.8, 4) is 0 Å². The maximum Gasteiger partial charge on any atom is 0.0850 e. The predicted molar refractivity (Wildman–Crippen MR) is 84.5 cm³/mol. The van der Waals surface area contributed by atoms with Gasteiger partial charge in [0.1, 0.15) is 0 Å². The van der Waals surface area contributed by atoms with Crippen molar-refractivity contribution in [2.45, 2.75) is 53.0 Å². The van der Waals surface area contributed by atoms with Crippen molar-refractivity contribution in [2.75, 3.05) is 6.61 Å². The van der Waals surface area contributed by atoms with E-state index < -0.39 is 0 Å². The molecule has 0 aliphatic rings. The van der Waals surface area contributed by atoms with Crippen LogP contribution in [-0.4, -0.2) is 26.7 Å². The summed E-state index contributed by atoms with van der Waals surface area (Å²) in [6.07, 6.45) is 2.47. The van der Waals surface area contributed by atoms with Gasteiger partial charge in [0.2, 0.25) is 0 Å². The maximum absolute atomic E-state index is 8.94. The van der Waals surface area contributed by atoms with Gasteiger partial charge in [-0.2, -0.15) is 0 Å². The number of nitrogens with zero attached hydrogens (tertiary/aromatic N) is 3. The smallest absolute Gasteiger partial charge is 0.0850 e. The summed E-state index contributed by atoms with van der Waals surface area (Å²) in [4.78, 5) is 0. The lowest BCUT2D eigenvalue weighted by molar-refractivity contribution is 0.298. The van der Waals surface area contributed by atoms with E-state index in [0.717, 1.165) is 12.2 Å². The van der Waals surface area contributed by atoms with E-state index in [1.54, 1.807) is 0 Å². The average Bonchev–Trinajstić information content (AvgIpc) is 2.80. The molecule has 0 saturated carbocycles. The summed E-state index contributed by atoms with van der Waals surface area (Å²) in [5.41, 5.74) is 6.23. The Morgan fingerprint density at radius 3 is 2.29 bits per heavy atom. The molecule has 4 heteroatoms. The Balaban J connectivity index is 2.27. The molecule has 1 aromatic heterocycles. The Morgan fingerprint density at radius 1 is 1.14 bits per heavy atom. The van der Waals surface area contributed by atoms with Crippen molar-refractivity contribution in [3.63, 3.8) is 0 Å². The molecule has 1 heterocycles. The molecule has 0 radical (unpaired) electrons. The van der Waals surface area contributed by atoms with E-state index >= 15 is 0 Å². The molecule has 0 atom stereocenters. The number of benzene rings is 1. The van der Waals surface area contributed by atoms with E-state index in [4.69, 9.17) is 5.11 Å². The van der Waals surface area contributed by atoms with Crippen LogP contribution in [0.3, 0.4) is 0 Å². The molecule has 1 N–H and O–H groups in total. The molecule has 21 heavy (non-hydrogen) atoms. The number of aryl methyl sites for hydroxylation is 2. The summed E-state index contributed by atoms with van der Waals surface area (Å²) in [7, 11) is 0. The highest BCUT2D eigenvalue weighted by Gasteiger charge is 2.16. The van der Waals surface area contributed by atoms with Crippen molar-refractivity contribution in [1.29, 1.82) is 0 Å². The third-order valence-corrected chi connectivity index (χ3v) is 3.84. The molecule has 2 rings (SSSR count). The number of aromatic nitrogens is 3. The fourth-order valence-electron chi connectivity index (χ4n) is 2.48. The number of hydrogen-bond acceptors (Lipinski definition) is 3. The first-order valence-electron chi connectivity index (χ1n) is 7.41. The lowest BCUT2D eigenvalue weighted by Gasteiger charge is -2.22. The Morgan fingerprint density at radius 2 is 1.76 bits per heavy atom. The normalized spacial score (nSPS) is 11.9. The minimum Gasteiger partial charge on any atom is -0.396 e. The van der Waals surface area contributed by atoms with Crippen LogP contribution < -0.4 is 0 Å². The second-order valence-electron chi connectivity index (χ2n) is 6.72. The molecule has 0 aliphatic carbocycles. The van der Waals surface area contributed by atoms with Crippen LogP contribution in [0, 0.1) is 13.8 Å². The Hall–Kier alpha value is -1.68. The molecule has 2 aromatic rings. The highest BCUT2D eigenvalue weighted by atomic mass is 16.3. The summed E-state index contributed by atoms with van der Waals surface area (Å²) in [5, 5.41) is 17.1. The van der Waals surface area contributed by atoms with Crippen LogP contribution in [0.4, 0.5) is 0 Å². The molecule has 1 aromatic carbocycles. The topological polar surface area (TPSA) is 50.9 Å². The van der Waals surface area contributed by atoms with Crippen LogP contribution in [0.2, 0.25) is 0 Å². The van der Waals surface area contributed by atoms with Crippen molar-refractivity contribution >= 4 is 0 Å². The average molecular weight is 287 g/mol. The Labute approximate surface area is 126 Å². The molecule has 0 aliphatic heterocycles. The van der Waals surface area contributed by atoms with Gasteiger partial charge >= 0.3 is 0 Å². The largest absolute Gasteiger partial charge is 0.396 e. The molecule has 0 spiro atoms. The maximum atomic E-state index is 8.94. The van der Waals surface area contributed by atoms with E-state index in [1.165, 1.54) is 22.3 Å². The fourth-order valence-corrected chi connectivity index (χ4v) is 2.48. The van der Waals surface area contributed by atoms with Crippen LogP contribution in [0.15, 0.2) is 18.3 Å². The zero-order valence-corrected chi connectivity index (χ0v) is 13.6. The zero-order chi connectivity index (χ0) is 15.6. The first-order chi connectivity index (χ1) is 9.81. The van der Waals surface area contributed by atoms with Gasteiger partial charge in [-0.1, -0.05) is 38.1 Å². The third kappa shape index (κ3) is 3.70. The Bertz CT molecular complexity index is 600. The SMILES string of the molecule is Cc1cc(C(C)(C)C)cc(C)c1Cn1cc(CCO)nn1. The highest BCUT2D eigenvalue weighted by molar-refractivity contribution is 5.40. The van der Waals surface area contributed by atoms with Gasteiger partial charge < -0.3 is 5.11 Å². The lowest BCUT2D eigenvalue weighted by Crippen LogP contribution is -2.13. The number of aliphatic hydroxyl groups is 1. The summed E-state index contributed by atoms with van der Waals surface area (Å²) >= 11 is 0. The van der Waals surface area contributed by atoms with Gasteiger partial charge in [0.05, 0.1) is 12.2 Å². The molecule has 114 valence electrons. The second-order valence-corrected chi connectivity index (χ2v) is 6.72. The summed E-state index contributed by atoms with van der Waals surface area (Å²) < 4.78 is 1.84. The molecule has 0 fully saturated rings. The number of hydrogen-bond donors (Lipinski definition) is 1. The van der Waals surface area contributed by atoms with Gasteiger partial charge in [-0.15, -0.1) is 5.10 Å². The minimum atomic E-state index is 0.108. The van der Waals surface area contributed by atoms with E-state index in [-0.39, 0.29) is 12.0 Å². The summed E-state index contributed by atoms with van der Waals surface area (Å²) in [6, 6.07) is 4.54. The standard InChI is InChI=1S/C17H25N3O/c1-12-8-14(17(3,4)5)9-13(2)16(12)11-20-10-15(6-7-21)18-19-20/h8-10,21H,6-7,11H2,1-5H3. The zero-order valence-electron chi connectivity index (χ0n) is 13.6. The van der Waals surface area contributed by atoms with Crippen LogP contribution in [-0.2, 0) is 18.4 Å². The number of rotatable bonds is 4. The molecule has 0 unspecified atom stereocenters. The molecule has 4 nitrogen and oxygen atoms in total. The van der Waals surface area contributed by atoms with E-state index in [0.29, 0.717) is 6.42 Å². The molecular weight excluding hydrogens is 262 g/mol. The van der Waals surface area contributed by atoms with Crippen LogP contribution in [0.5, 0.6) is 0 Å². The van der Waals surface area contributed by atoms with Crippen molar-refractivity contribution in [2.24, 2.45) is 0 Å². The highest BCUT2D eigenvalue weighted by Crippen LogP contribution is 2.27. The van der Waals surface area contributed by atoms with Gasteiger partial charge in [0, 0.05) is 19.2 Å². The fraction of sp³-hybridized carbons (Fsp3) is 0.529. The van der Waals surface area contributed by atoms with Crippen LogP contribution in [0.25, 0.3) is 0 Å². The van der Waals surface area contributed by atoms with Crippen LogP contribution in [0.1, 0.15) is 48.7 Å². The monoisotopic (exact) mass is 287 g/mol. The predicted octanol–water partition coefficient (Wildman–Crippen LogP) is 2.78. The first kappa shape index (κ1) is 15.7. The van der Waals surface area contributed by atoms with Crippen molar-refractivity contribution in [1.82, 2.24) is 15.0 Å². The van der Waals surface area contributed by atoms with E-state index in [9.17, 15) is 0 Å².